The highest BCUT2D eigenvalue weighted by Crippen LogP contribution is 2.30. The fraction of sp³-hybridized carbons (Fsp3) is 0.143. The van der Waals surface area contributed by atoms with Gasteiger partial charge in [0.05, 0.1) is 16.3 Å². The molecule has 0 aliphatic heterocycles. The van der Waals surface area contributed by atoms with Crippen molar-refractivity contribution in [3.8, 4) is 0 Å². The van der Waals surface area contributed by atoms with Crippen LogP contribution < -0.4 is 16.5 Å². The number of nitrogens with zero attached hydrogens (tertiary/aromatic N) is 1. The quantitative estimate of drug-likeness (QED) is 0.670. The Morgan fingerprint density at radius 1 is 1.36 bits per heavy atom. The lowest BCUT2D eigenvalue weighted by Gasteiger charge is -2.14. The van der Waals surface area contributed by atoms with Crippen molar-refractivity contribution >= 4 is 41.8 Å². The highest BCUT2D eigenvalue weighted by molar-refractivity contribution is 6.54. The molecule has 3 N–H and O–H groups in total. The van der Waals surface area contributed by atoms with Crippen molar-refractivity contribution in [3.05, 3.63) is 46.1 Å². The van der Waals surface area contributed by atoms with E-state index >= 15 is 0 Å². The van der Waals surface area contributed by atoms with Gasteiger partial charge in [-0.2, -0.15) is 0 Å². The summed E-state index contributed by atoms with van der Waals surface area (Å²) in [7, 11) is 0.626. The SMILES string of the molecule is CBc1cc(C)cnc1Nc1c(C(N)=O)cc(Cl)c(F)c1F. The number of carbonyl (C=O) groups excluding carboxylic acids is 1. The van der Waals surface area contributed by atoms with Gasteiger partial charge >= 0.3 is 0 Å². The van der Waals surface area contributed by atoms with Crippen LogP contribution in [-0.4, -0.2) is 18.2 Å². The Bertz CT molecular complexity index is 755. The van der Waals surface area contributed by atoms with E-state index in [0.29, 0.717) is 13.1 Å². The fourth-order valence-corrected chi connectivity index (χ4v) is 2.23. The van der Waals surface area contributed by atoms with Crippen molar-refractivity contribution in [2.45, 2.75) is 13.7 Å². The number of nitrogens with two attached hydrogens (primary N) is 1. The molecule has 22 heavy (non-hydrogen) atoms. The van der Waals surface area contributed by atoms with Crippen molar-refractivity contribution in [2.75, 3.05) is 5.32 Å². The van der Waals surface area contributed by atoms with Crippen molar-refractivity contribution in [2.24, 2.45) is 5.73 Å². The van der Waals surface area contributed by atoms with E-state index in [-0.39, 0.29) is 11.3 Å². The topological polar surface area (TPSA) is 68.0 Å². The second-order valence-corrected chi connectivity index (χ2v) is 5.18. The number of benzene rings is 1. The van der Waals surface area contributed by atoms with Crippen molar-refractivity contribution in [1.29, 1.82) is 0 Å². The van der Waals surface area contributed by atoms with E-state index in [1.165, 1.54) is 0 Å². The molecule has 1 aromatic carbocycles. The van der Waals surface area contributed by atoms with Crippen LogP contribution in [0.15, 0.2) is 18.3 Å². The van der Waals surface area contributed by atoms with Crippen molar-refractivity contribution in [3.63, 3.8) is 0 Å². The van der Waals surface area contributed by atoms with Gasteiger partial charge < -0.3 is 11.1 Å². The molecule has 114 valence electrons. The highest BCUT2D eigenvalue weighted by Gasteiger charge is 2.21. The van der Waals surface area contributed by atoms with Gasteiger partial charge in [-0.3, -0.25) is 4.79 Å². The van der Waals surface area contributed by atoms with Crippen LogP contribution in [0.25, 0.3) is 0 Å². The molecule has 0 bridgehead atoms. The van der Waals surface area contributed by atoms with E-state index < -0.39 is 22.6 Å². The lowest BCUT2D eigenvalue weighted by atomic mass is 9.73. The fourth-order valence-electron chi connectivity index (χ4n) is 2.04. The maximum atomic E-state index is 14.1. The zero-order valence-corrected chi connectivity index (χ0v) is 12.8. The Balaban J connectivity index is 2.58. The molecule has 8 heteroatoms. The zero-order valence-electron chi connectivity index (χ0n) is 12.0. The average Bonchev–Trinajstić information content (AvgIpc) is 2.48. The van der Waals surface area contributed by atoms with Gasteiger partial charge in [0.1, 0.15) is 5.82 Å². The summed E-state index contributed by atoms with van der Waals surface area (Å²) in [5, 5.41) is 2.14. The van der Waals surface area contributed by atoms with Crippen LogP contribution in [0.5, 0.6) is 0 Å². The van der Waals surface area contributed by atoms with Gasteiger partial charge in [0, 0.05) is 6.20 Å². The molecular weight excluding hydrogens is 310 g/mol. The number of hydrogen-bond acceptors (Lipinski definition) is 3. The van der Waals surface area contributed by atoms with Gasteiger partial charge in [-0.15, -0.1) is 0 Å². The minimum atomic E-state index is -1.27. The molecule has 0 spiro atoms. The molecule has 0 aliphatic rings. The maximum Gasteiger partial charge on any atom is 0.250 e. The maximum absolute atomic E-state index is 14.1. The summed E-state index contributed by atoms with van der Waals surface area (Å²) < 4.78 is 27.8. The summed E-state index contributed by atoms with van der Waals surface area (Å²) >= 11 is 5.55. The number of rotatable bonds is 4. The zero-order chi connectivity index (χ0) is 16.4. The predicted octanol–water partition coefficient (Wildman–Crippen LogP) is 2.27. The van der Waals surface area contributed by atoms with Crippen molar-refractivity contribution < 1.29 is 13.6 Å². The standard InChI is InChI=1S/C14H13BClF2N3O/c1-6-3-8(15-2)14(20-5-6)21-12-7(13(19)22)4-9(16)10(17)11(12)18/h3-5,15H,1-2H3,(H2,19,22)(H,20,21). The Morgan fingerprint density at radius 3 is 2.64 bits per heavy atom. The molecule has 0 unspecified atom stereocenters. The number of amides is 1. The Kier molecular flexibility index (Phi) is 4.66. The average molecular weight is 324 g/mol. The number of aromatic nitrogens is 1. The molecule has 0 saturated heterocycles. The highest BCUT2D eigenvalue weighted by atomic mass is 35.5. The van der Waals surface area contributed by atoms with E-state index in [1.807, 2.05) is 19.8 Å². The monoisotopic (exact) mass is 323 g/mol. The van der Waals surface area contributed by atoms with Gasteiger partial charge in [-0.25, -0.2) is 13.8 Å². The third-order valence-electron chi connectivity index (χ3n) is 3.16. The molecule has 1 heterocycles. The molecule has 0 atom stereocenters. The number of hydrogen-bond donors (Lipinski definition) is 2. The van der Waals surface area contributed by atoms with Crippen LogP contribution in [0.2, 0.25) is 11.8 Å². The summed E-state index contributed by atoms with van der Waals surface area (Å²) in [4.78, 5) is 15.6. The summed E-state index contributed by atoms with van der Waals surface area (Å²) in [6, 6.07) is 2.86. The normalized spacial score (nSPS) is 10.4. The number of carbonyl (C=O) groups is 1. The number of primary amides is 1. The number of nitrogens with one attached hydrogen (secondary N) is 1. The molecule has 0 radical (unpaired) electrons. The third-order valence-corrected chi connectivity index (χ3v) is 3.43. The minimum Gasteiger partial charge on any atom is -0.366 e. The first-order valence-electron chi connectivity index (χ1n) is 6.55. The largest absolute Gasteiger partial charge is 0.366 e. The lowest BCUT2D eigenvalue weighted by molar-refractivity contribution is 0.100. The summed E-state index contributed by atoms with van der Waals surface area (Å²) in [5.74, 6) is -3.12. The smallest absolute Gasteiger partial charge is 0.250 e. The second kappa shape index (κ2) is 6.31. The molecule has 0 saturated carbocycles. The van der Waals surface area contributed by atoms with Crippen LogP contribution in [0, 0.1) is 18.6 Å². The molecular formula is C14H13BClF2N3O. The summed E-state index contributed by atoms with van der Waals surface area (Å²) in [6.07, 6.45) is 1.58. The number of pyridine rings is 1. The first kappa shape index (κ1) is 16.2. The number of halogens is 3. The first-order valence-corrected chi connectivity index (χ1v) is 6.92. The summed E-state index contributed by atoms with van der Waals surface area (Å²) in [5.41, 5.74) is 6.31. The van der Waals surface area contributed by atoms with E-state index in [2.05, 4.69) is 10.3 Å². The van der Waals surface area contributed by atoms with E-state index in [4.69, 9.17) is 17.3 Å². The molecule has 4 nitrogen and oxygen atoms in total. The van der Waals surface area contributed by atoms with Crippen LogP contribution >= 0.6 is 11.6 Å². The third kappa shape index (κ3) is 3.04. The number of aryl methyl sites for hydroxylation is 1. The lowest BCUT2D eigenvalue weighted by Crippen LogP contribution is -2.21. The molecule has 0 fully saturated rings. The number of anilines is 2. The Labute approximate surface area is 131 Å². The molecule has 2 rings (SSSR count). The molecule has 1 amide bonds. The van der Waals surface area contributed by atoms with Gasteiger partial charge in [-0.05, 0) is 24.0 Å². The van der Waals surface area contributed by atoms with Gasteiger partial charge in [0.15, 0.2) is 18.9 Å². The molecule has 2 aromatic rings. The van der Waals surface area contributed by atoms with Crippen LogP contribution in [0.1, 0.15) is 15.9 Å². The van der Waals surface area contributed by atoms with Gasteiger partial charge in [0.2, 0.25) is 0 Å². The second-order valence-electron chi connectivity index (χ2n) is 4.77. The van der Waals surface area contributed by atoms with Crippen LogP contribution in [0.4, 0.5) is 20.3 Å². The van der Waals surface area contributed by atoms with Gasteiger partial charge in [-0.1, -0.05) is 24.5 Å². The van der Waals surface area contributed by atoms with Crippen molar-refractivity contribution in [1.82, 2.24) is 4.98 Å². The predicted molar refractivity (Wildman–Crippen MR) is 84.8 cm³/mol. The van der Waals surface area contributed by atoms with E-state index in [1.54, 1.807) is 6.20 Å². The molecule has 0 aliphatic carbocycles. The minimum absolute atomic E-state index is 0.242. The van der Waals surface area contributed by atoms with Gasteiger partial charge in [0.25, 0.3) is 5.91 Å². The molecule has 1 aromatic heterocycles. The Morgan fingerprint density at radius 2 is 2.05 bits per heavy atom. The van der Waals surface area contributed by atoms with E-state index in [0.717, 1.165) is 17.1 Å². The van der Waals surface area contributed by atoms with Crippen LogP contribution in [0.3, 0.4) is 0 Å². The Hall–Kier alpha value is -2.15. The van der Waals surface area contributed by atoms with Crippen LogP contribution in [-0.2, 0) is 0 Å². The summed E-state index contributed by atoms with van der Waals surface area (Å²) in [6.45, 7) is 3.77. The first-order chi connectivity index (χ1) is 10.3. The van der Waals surface area contributed by atoms with E-state index in [9.17, 15) is 13.6 Å².